The van der Waals surface area contributed by atoms with Gasteiger partial charge in [-0.3, -0.25) is 4.79 Å². The van der Waals surface area contributed by atoms with Crippen LogP contribution in [0.1, 0.15) is 11.4 Å². The average Bonchev–Trinajstić information content (AvgIpc) is 2.30. The van der Waals surface area contributed by atoms with Crippen LogP contribution in [0.25, 0.3) is 0 Å². The van der Waals surface area contributed by atoms with Crippen LogP contribution in [0.2, 0.25) is 5.02 Å². The van der Waals surface area contributed by atoms with Crippen molar-refractivity contribution < 1.29 is 5.11 Å². The summed E-state index contributed by atoms with van der Waals surface area (Å²) in [5.74, 6) is 0.0692. The van der Waals surface area contributed by atoms with Crippen LogP contribution < -0.4 is 10.9 Å². The van der Waals surface area contributed by atoms with Crippen LogP contribution in [0, 0.1) is 6.92 Å². The number of aromatic hydroxyl groups is 1. The van der Waals surface area contributed by atoms with Gasteiger partial charge in [0.2, 0.25) is 5.88 Å². The number of nitrogens with one attached hydrogen (secondary N) is 2. The van der Waals surface area contributed by atoms with Crippen molar-refractivity contribution in [2.75, 3.05) is 5.32 Å². The molecular formula is C12H12ClN3O2. The van der Waals surface area contributed by atoms with Crippen molar-refractivity contribution >= 4 is 17.3 Å². The number of anilines is 1. The number of aromatic nitrogens is 2. The number of H-pyrrole nitrogens is 1. The van der Waals surface area contributed by atoms with Crippen molar-refractivity contribution in [3.8, 4) is 5.88 Å². The van der Waals surface area contributed by atoms with Gasteiger partial charge in [0.1, 0.15) is 5.82 Å². The maximum absolute atomic E-state index is 11.6. The second-order valence-corrected chi connectivity index (χ2v) is 4.27. The number of aromatic amines is 1. The summed E-state index contributed by atoms with van der Waals surface area (Å²) in [5.41, 5.74) is 0.614. The Morgan fingerprint density at radius 1 is 1.39 bits per heavy atom. The van der Waals surface area contributed by atoms with Crippen LogP contribution in [-0.2, 0) is 6.54 Å². The number of benzene rings is 1. The lowest BCUT2D eigenvalue weighted by atomic mass is 10.2. The van der Waals surface area contributed by atoms with E-state index in [0.717, 1.165) is 5.56 Å². The lowest BCUT2D eigenvalue weighted by Crippen LogP contribution is -2.16. The van der Waals surface area contributed by atoms with Crippen LogP contribution in [0.4, 0.5) is 5.69 Å². The third kappa shape index (κ3) is 2.81. The Labute approximate surface area is 108 Å². The molecule has 0 fully saturated rings. The molecule has 0 unspecified atom stereocenters. The van der Waals surface area contributed by atoms with Crippen molar-refractivity contribution in [2.45, 2.75) is 13.5 Å². The predicted octanol–water partition coefficient (Wildman–Crippen LogP) is 2.05. The molecule has 0 bridgehead atoms. The fourth-order valence-electron chi connectivity index (χ4n) is 1.52. The van der Waals surface area contributed by atoms with E-state index in [2.05, 4.69) is 15.3 Å². The molecule has 2 rings (SSSR count). The number of hydrogen-bond acceptors (Lipinski definition) is 4. The van der Waals surface area contributed by atoms with E-state index in [0.29, 0.717) is 17.4 Å². The van der Waals surface area contributed by atoms with E-state index in [1.165, 1.54) is 0 Å². The second kappa shape index (κ2) is 5.10. The fourth-order valence-corrected chi connectivity index (χ4v) is 1.65. The quantitative estimate of drug-likeness (QED) is 0.794. The van der Waals surface area contributed by atoms with Crippen molar-refractivity contribution in [1.82, 2.24) is 9.97 Å². The first-order valence-electron chi connectivity index (χ1n) is 5.34. The zero-order valence-corrected chi connectivity index (χ0v) is 10.5. The van der Waals surface area contributed by atoms with E-state index < -0.39 is 5.56 Å². The molecule has 0 amide bonds. The molecule has 0 saturated heterocycles. The van der Waals surface area contributed by atoms with Crippen molar-refractivity contribution in [1.29, 1.82) is 0 Å². The molecule has 0 aliphatic carbocycles. The van der Waals surface area contributed by atoms with E-state index in [1.54, 1.807) is 19.1 Å². The summed E-state index contributed by atoms with van der Waals surface area (Å²) < 4.78 is 0. The van der Waals surface area contributed by atoms with Gasteiger partial charge in [-0.25, -0.2) is 0 Å². The summed E-state index contributed by atoms with van der Waals surface area (Å²) >= 11 is 5.77. The number of hydrogen-bond donors (Lipinski definition) is 3. The molecule has 0 saturated carbocycles. The summed E-state index contributed by atoms with van der Waals surface area (Å²) in [6.07, 6.45) is 0. The van der Waals surface area contributed by atoms with Crippen LogP contribution in [0.5, 0.6) is 5.88 Å². The molecule has 18 heavy (non-hydrogen) atoms. The summed E-state index contributed by atoms with van der Waals surface area (Å²) in [6.45, 7) is 2.00. The fraction of sp³-hybridized carbons (Fsp3) is 0.167. The molecule has 94 valence electrons. The predicted molar refractivity (Wildman–Crippen MR) is 70.0 cm³/mol. The highest BCUT2D eigenvalue weighted by Crippen LogP contribution is 2.16. The largest absolute Gasteiger partial charge is 0.492 e. The minimum atomic E-state index is -0.394. The standard InChI is InChI=1S/C12H12ClN3O2/c1-7-15-11(17)10(12(18)16-7)14-6-8-2-4-9(13)5-3-8/h2-5,14H,6H2,1H3,(H2,15,16,17,18). The second-order valence-electron chi connectivity index (χ2n) is 3.83. The van der Waals surface area contributed by atoms with Gasteiger partial charge < -0.3 is 15.4 Å². The Hall–Kier alpha value is -2.01. The Morgan fingerprint density at radius 3 is 2.67 bits per heavy atom. The van der Waals surface area contributed by atoms with Gasteiger partial charge in [0.25, 0.3) is 5.56 Å². The lowest BCUT2D eigenvalue weighted by Gasteiger charge is -2.07. The molecule has 1 aromatic carbocycles. The minimum absolute atomic E-state index is 0.0653. The van der Waals surface area contributed by atoms with Crippen LogP contribution in [0.3, 0.4) is 0 Å². The first-order chi connectivity index (χ1) is 8.56. The summed E-state index contributed by atoms with van der Waals surface area (Å²) in [5, 5.41) is 13.1. The third-order valence-electron chi connectivity index (χ3n) is 2.40. The molecule has 0 aliphatic heterocycles. The average molecular weight is 266 g/mol. The van der Waals surface area contributed by atoms with Crippen molar-refractivity contribution in [3.05, 3.63) is 51.0 Å². The summed E-state index contributed by atoms with van der Waals surface area (Å²) in [4.78, 5) is 17.9. The van der Waals surface area contributed by atoms with E-state index in [9.17, 15) is 9.90 Å². The molecule has 3 N–H and O–H groups in total. The normalized spacial score (nSPS) is 10.3. The molecule has 1 heterocycles. The molecule has 5 nitrogen and oxygen atoms in total. The lowest BCUT2D eigenvalue weighted by molar-refractivity contribution is 0.451. The summed E-state index contributed by atoms with van der Waals surface area (Å²) in [6, 6.07) is 7.19. The van der Waals surface area contributed by atoms with Crippen molar-refractivity contribution in [3.63, 3.8) is 0 Å². The SMILES string of the molecule is Cc1nc(O)c(NCc2ccc(Cl)cc2)c(=O)[nH]1. The van der Waals surface area contributed by atoms with E-state index >= 15 is 0 Å². The molecule has 2 aromatic rings. The molecule has 0 radical (unpaired) electrons. The molecule has 1 aromatic heterocycles. The van der Waals surface area contributed by atoms with Crippen LogP contribution in [0.15, 0.2) is 29.1 Å². The van der Waals surface area contributed by atoms with Gasteiger partial charge in [-0.05, 0) is 24.6 Å². The monoisotopic (exact) mass is 265 g/mol. The Bertz CT molecular complexity index is 608. The molecule has 0 spiro atoms. The van der Waals surface area contributed by atoms with E-state index in [-0.39, 0.29) is 11.6 Å². The van der Waals surface area contributed by atoms with E-state index in [4.69, 9.17) is 11.6 Å². The maximum atomic E-state index is 11.6. The van der Waals surface area contributed by atoms with Crippen LogP contribution in [-0.4, -0.2) is 15.1 Å². The van der Waals surface area contributed by atoms with Gasteiger partial charge in [-0.1, -0.05) is 23.7 Å². The third-order valence-corrected chi connectivity index (χ3v) is 2.65. The van der Waals surface area contributed by atoms with Gasteiger partial charge in [-0.2, -0.15) is 4.98 Å². The number of aryl methyl sites for hydroxylation is 1. The van der Waals surface area contributed by atoms with Gasteiger partial charge in [0, 0.05) is 11.6 Å². The Balaban J connectivity index is 2.16. The highest BCUT2D eigenvalue weighted by Gasteiger charge is 2.08. The number of nitrogens with zero attached hydrogens (tertiary/aromatic N) is 1. The zero-order valence-electron chi connectivity index (χ0n) is 9.70. The van der Waals surface area contributed by atoms with E-state index in [1.807, 2.05) is 12.1 Å². The Morgan fingerprint density at radius 2 is 2.06 bits per heavy atom. The maximum Gasteiger partial charge on any atom is 0.278 e. The first kappa shape index (κ1) is 12.4. The zero-order chi connectivity index (χ0) is 13.1. The van der Waals surface area contributed by atoms with Gasteiger partial charge in [0.05, 0.1) is 0 Å². The first-order valence-corrected chi connectivity index (χ1v) is 5.72. The minimum Gasteiger partial charge on any atom is -0.492 e. The smallest absolute Gasteiger partial charge is 0.278 e. The molecule has 6 heteroatoms. The highest BCUT2D eigenvalue weighted by molar-refractivity contribution is 6.30. The van der Waals surface area contributed by atoms with Gasteiger partial charge >= 0.3 is 0 Å². The van der Waals surface area contributed by atoms with Crippen LogP contribution >= 0.6 is 11.6 Å². The number of rotatable bonds is 3. The molecule has 0 atom stereocenters. The molecule has 0 aliphatic rings. The Kier molecular flexibility index (Phi) is 3.53. The topological polar surface area (TPSA) is 78.0 Å². The van der Waals surface area contributed by atoms with Gasteiger partial charge in [0.15, 0.2) is 5.69 Å². The number of halogens is 1. The van der Waals surface area contributed by atoms with Crippen molar-refractivity contribution in [2.24, 2.45) is 0 Å². The molecular weight excluding hydrogens is 254 g/mol. The summed E-state index contributed by atoms with van der Waals surface area (Å²) in [7, 11) is 0. The highest BCUT2D eigenvalue weighted by atomic mass is 35.5. The van der Waals surface area contributed by atoms with Gasteiger partial charge in [-0.15, -0.1) is 0 Å².